The van der Waals surface area contributed by atoms with Crippen LogP contribution in [0.3, 0.4) is 0 Å². The maximum absolute atomic E-state index is 13.1. The summed E-state index contributed by atoms with van der Waals surface area (Å²) in [6.45, 7) is 1.55. The molecule has 32 heavy (non-hydrogen) atoms. The minimum Gasteiger partial charge on any atom is -0.493 e. The highest BCUT2D eigenvalue weighted by Gasteiger charge is 2.34. The van der Waals surface area contributed by atoms with Crippen molar-refractivity contribution in [2.75, 3.05) is 20.3 Å². The zero-order valence-corrected chi connectivity index (χ0v) is 18.5. The molecule has 2 aromatic carbocycles. The molecule has 2 atom stereocenters. The van der Waals surface area contributed by atoms with Gasteiger partial charge in [0.05, 0.1) is 7.11 Å². The van der Waals surface area contributed by atoms with Crippen LogP contribution >= 0.6 is 0 Å². The number of hydrogen-bond donors (Lipinski definition) is 0. The average molecular weight is 450 g/mol. The van der Waals surface area contributed by atoms with Crippen LogP contribution in [0.5, 0.6) is 11.5 Å². The molecule has 0 bridgehead atoms. The lowest BCUT2D eigenvalue weighted by atomic mass is 9.87. The number of nitrogens with zero attached hydrogens (tertiary/aromatic N) is 1. The van der Waals surface area contributed by atoms with Crippen LogP contribution in [0.4, 0.5) is 13.2 Å². The molecule has 1 aliphatic heterocycles. The van der Waals surface area contributed by atoms with Gasteiger partial charge in [-0.1, -0.05) is 43.3 Å². The molecular formula is C25H30F3NO3. The summed E-state index contributed by atoms with van der Waals surface area (Å²) in [4.78, 5) is 15.1. The first-order valence-corrected chi connectivity index (χ1v) is 11.0. The molecule has 1 aliphatic rings. The lowest BCUT2D eigenvalue weighted by Gasteiger charge is -2.32. The molecule has 0 spiro atoms. The summed E-state index contributed by atoms with van der Waals surface area (Å²) in [5.41, 5.74) is 2.08. The fraction of sp³-hybridized carbons (Fsp3) is 0.480. The van der Waals surface area contributed by atoms with Crippen molar-refractivity contribution in [1.29, 1.82) is 0 Å². The van der Waals surface area contributed by atoms with Crippen molar-refractivity contribution in [2.24, 2.45) is 0 Å². The Morgan fingerprint density at radius 2 is 1.91 bits per heavy atom. The van der Waals surface area contributed by atoms with E-state index in [0.717, 1.165) is 31.4 Å². The van der Waals surface area contributed by atoms with Gasteiger partial charge in [0.1, 0.15) is 0 Å². The number of hydrogen-bond acceptors (Lipinski definition) is 3. The van der Waals surface area contributed by atoms with E-state index in [-0.39, 0.29) is 23.4 Å². The highest BCUT2D eigenvalue weighted by Crippen LogP contribution is 2.34. The van der Waals surface area contributed by atoms with Gasteiger partial charge in [-0.3, -0.25) is 4.79 Å². The molecule has 3 rings (SSSR count). The maximum Gasteiger partial charge on any atom is 0.422 e. The molecule has 0 aliphatic carbocycles. The molecular weight excluding hydrogens is 419 g/mol. The largest absolute Gasteiger partial charge is 0.493 e. The monoisotopic (exact) mass is 449 g/mol. The number of carbonyl (C=O) groups is 1. The van der Waals surface area contributed by atoms with Crippen molar-refractivity contribution in [2.45, 2.75) is 57.2 Å². The van der Waals surface area contributed by atoms with Gasteiger partial charge < -0.3 is 14.4 Å². The minimum atomic E-state index is -4.42. The number of likely N-dealkylation sites (tertiary alicyclic amines) is 1. The fourth-order valence-electron chi connectivity index (χ4n) is 4.49. The van der Waals surface area contributed by atoms with Crippen LogP contribution in [0.2, 0.25) is 0 Å². The van der Waals surface area contributed by atoms with E-state index in [0.29, 0.717) is 18.8 Å². The topological polar surface area (TPSA) is 38.8 Å². The number of halogens is 3. The van der Waals surface area contributed by atoms with Crippen molar-refractivity contribution >= 4 is 5.91 Å². The molecule has 1 amide bonds. The smallest absolute Gasteiger partial charge is 0.422 e. The van der Waals surface area contributed by atoms with Gasteiger partial charge in [0.25, 0.3) is 0 Å². The zero-order valence-electron chi connectivity index (χ0n) is 18.5. The van der Waals surface area contributed by atoms with Gasteiger partial charge in [0.2, 0.25) is 5.91 Å². The van der Waals surface area contributed by atoms with Crippen molar-refractivity contribution in [3.8, 4) is 11.5 Å². The quantitative estimate of drug-likeness (QED) is 0.489. The van der Waals surface area contributed by atoms with Crippen LogP contribution in [0, 0.1) is 0 Å². The summed E-state index contributed by atoms with van der Waals surface area (Å²) >= 11 is 0. The van der Waals surface area contributed by atoms with Gasteiger partial charge in [-0.25, -0.2) is 0 Å². The van der Waals surface area contributed by atoms with Crippen molar-refractivity contribution in [3.63, 3.8) is 0 Å². The molecule has 2 aromatic rings. The minimum absolute atomic E-state index is 0.0353. The number of carbonyl (C=O) groups excluding carboxylic acids is 1. The molecule has 1 heterocycles. The van der Waals surface area contributed by atoms with Gasteiger partial charge in [-0.2, -0.15) is 13.2 Å². The average Bonchev–Trinajstić information content (AvgIpc) is 3.26. The third kappa shape index (κ3) is 6.17. The van der Waals surface area contributed by atoms with E-state index in [9.17, 15) is 18.0 Å². The molecule has 2 unspecified atom stereocenters. The van der Waals surface area contributed by atoms with Gasteiger partial charge in [0, 0.05) is 24.9 Å². The summed E-state index contributed by atoms with van der Waals surface area (Å²) in [5.74, 6) is 0.688. The van der Waals surface area contributed by atoms with Crippen LogP contribution in [0.25, 0.3) is 0 Å². The zero-order chi connectivity index (χ0) is 23.1. The second-order valence-corrected chi connectivity index (χ2v) is 8.11. The van der Waals surface area contributed by atoms with Crippen molar-refractivity contribution < 1.29 is 27.4 Å². The standard InChI is InChI=1S/C25H30F3NO3/c1-3-20(19-8-5-4-6-9-19)21-10-7-15-29(21)24(30)14-12-18-11-13-22(23(16-18)31-2)32-17-25(26,27)28/h4-6,8-9,11,13,16,20-21H,3,7,10,12,14-15,17H2,1-2H3. The normalized spacial score (nSPS) is 17.3. The fourth-order valence-corrected chi connectivity index (χ4v) is 4.49. The van der Waals surface area contributed by atoms with Gasteiger partial charge >= 0.3 is 6.18 Å². The van der Waals surface area contributed by atoms with E-state index in [2.05, 4.69) is 19.1 Å². The van der Waals surface area contributed by atoms with Crippen LogP contribution < -0.4 is 9.47 Å². The van der Waals surface area contributed by atoms with Gasteiger partial charge in [-0.05, 0) is 48.9 Å². The predicted octanol–water partition coefficient (Wildman–Crippen LogP) is 5.75. The van der Waals surface area contributed by atoms with Crippen LogP contribution in [-0.4, -0.2) is 43.3 Å². The summed E-state index contributed by atoms with van der Waals surface area (Å²) in [5, 5.41) is 0. The van der Waals surface area contributed by atoms with E-state index in [1.54, 1.807) is 12.1 Å². The van der Waals surface area contributed by atoms with Crippen LogP contribution in [-0.2, 0) is 11.2 Å². The molecule has 0 aromatic heterocycles. The summed E-state index contributed by atoms with van der Waals surface area (Å²) < 4.78 is 47.3. The second-order valence-electron chi connectivity index (χ2n) is 8.11. The van der Waals surface area contributed by atoms with E-state index in [1.807, 2.05) is 23.1 Å². The number of benzene rings is 2. The molecule has 0 N–H and O–H groups in total. The lowest BCUT2D eigenvalue weighted by Crippen LogP contribution is -2.39. The van der Waals surface area contributed by atoms with E-state index in [1.165, 1.54) is 18.7 Å². The molecule has 1 fully saturated rings. The SMILES string of the molecule is CCC(c1ccccc1)C1CCCN1C(=O)CCc1ccc(OCC(F)(F)F)c(OC)c1. The number of rotatable bonds is 9. The first kappa shape index (κ1) is 24.0. The molecule has 1 saturated heterocycles. The number of ether oxygens (including phenoxy) is 2. The van der Waals surface area contributed by atoms with Gasteiger partial charge in [-0.15, -0.1) is 0 Å². The second kappa shape index (κ2) is 10.7. The Kier molecular flexibility index (Phi) is 8.04. The summed E-state index contributed by atoms with van der Waals surface area (Å²) in [6.07, 6.45) is -0.627. The van der Waals surface area contributed by atoms with E-state index in [4.69, 9.17) is 9.47 Å². The third-order valence-corrected chi connectivity index (χ3v) is 6.00. The maximum atomic E-state index is 13.1. The number of methoxy groups -OCH3 is 1. The number of amides is 1. The Morgan fingerprint density at radius 1 is 1.16 bits per heavy atom. The Balaban J connectivity index is 1.63. The highest BCUT2D eigenvalue weighted by molar-refractivity contribution is 5.77. The number of aryl methyl sites for hydroxylation is 1. The van der Waals surface area contributed by atoms with E-state index >= 15 is 0 Å². The third-order valence-electron chi connectivity index (χ3n) is 6.00. The Bertz CT molecular complexity index is 886. The molecule has 0 radical (unpaired) electrons. The van der Waals surface area contributed by atoms with Crippen molar-refractivity contribution in [3.05, 3.63) is 59.7 Å². The Hall–Kier alpha value is -2.70. The Morgan fingerprint density at radius 3 is 2.56 bits per heavy atom. The molecule has 4 nitrogen and oxygen atoms in total. The van der Waals surface area contributed by atoms with Crippen LogP contribution in [0.15, 0.2) is 48.5 Å². The lowest BCUT2D eigenvalue weighted by molar-refractivity contribution is -0.153. The van der Waals surface area contributed by atoms with Crippen LogP contribution in [0.1, 0.15) is 49.7 Å². The molecule has 0 saturated carbocycles. The number of alkyl halides is 3. The molecule has 174 valence electrons. The van der Waals surface area contributed by atoms with E-state index < -0.39 is 12.8 Å². The highest BCUT2D eigenvalue weighted by atomic mass is 19.4. The summed E-state index contributed by atoms with van der Waals surface area (Å²) in [6, 6.07) is 15.3. The Labute approximate surface area is 187 Å². The first-order chi connectivity index (χ1) is 15.3. The summed E-state index contributed by atoms with van der Waals surface area (Å²) in [7, 11) is 1.38. The first-order valence-electron chi connectivity index (χ1n) is 11.0. The molecule has 7 heteroatoms. The van der Waals surface area contributed by atoms with Gasteiger partial charge in [0.15, 0.2) is 18.1 Å². The van der Waals surface area contributed by atoms with Crippen molar-refractivity contribution in [1.82, 2.24) is 4.90 Å². The predicted molar refractivity (Wildman–Crippen MR) is 117 cm³/mol.